The van der Waals surface area contributed by atoms with Gasteiger partial charge >= 0.3 is 0 Å². The Morgan fingerprint density at radius 1 is 1.24 bits per heavy atom. The minimum Gasteiger partial charge on any atom is -0.454 e. The van der Waals surface area contributed by atoms with Crippen molar-refractivity contribution in [3.63, 3.8) is 0 Å². The first-order chi connectivity index (χ1) is 8.33. The van der Waals surface area contributed by atoms with Crippen LogP contribution in [-0.4, -0.2) is 37.9 Å². The summed E-state index contributed by atoms with van der Waals surface area (Å²) >= 11 is 3.51. The lowest BCUT2D eigenvalue weighted by molar-refractivity contribution is 0.171. The standard InChI is InChI=1S/C12H15BrN2O2/c13-10-5-9(7-15-3-1-14-2-4-15)12-11(6-10)16-8-17-12/h5-6,14H,1-4,7-8H2. The molecule has 0 atom stereocenters. The third kappa shape index (κ3) is 2.41. The molecule has 4 nitrogen and oxygen atoms in total. The molecule has 1 aromatic rings. The summed E-state index contributed by atoms with van der Waals surface area (Å²) in [5, 5.41) is 3.36. The molecule has 0 spiro atoms. The monoisotopic (exact) mass is 298 g/mol. The third-order valence-corrected chi connectivity index (χ3v) is 3.58. The molecule has 0 unspecified atom stereocenters. The van der Waals surface area contributed by atoms with Crippen molar-refractivity contribution in [2.24, 2.45) is 0 Å². The predicted molar refractivity (Wildman–Crippen MR) is 68.4 cm³/mol. The van der Waals surface area contributed by atoms with E-state index in [1.54, 1.807) is 0 Å². The molecule has 92 valence electrons. The summed E-state index contributed by atoms with van der Waals surface area (Å²) in [6.45, 7) is 5.55. The molecule has 17 heavy (non-hydrogen) atoms. The Hall–Kier alpha value is -0.780. The average molecular weight is 299 g/mol. The zero-order valence-electron chi connectivity index (χ0n) is 9.54. The molecule has 2 heterocycles. The Balaban J connectivity index is 1.82. The molecule has 0 bridgehead atoms. The van der Waals surface area contributed by atoms with E-state index in [2.05, 4.69) is 32.2 Å². The minimum absolute atomic E-state index is 0.334. The maximum atomic E-state index is 5.54. The number of nitrogens with one attached hydrogen (secondary N) is 1. The van der Waals surface area contributed by atoms with Gasteiger partial charge in [0.1, 0.15) is 0 Å². The second-order valence-corrected chi connectivity index (χ2v) is 5.24. The molecule has 0 radical (unpaired) electrons. The lowest BCUT2D eigenvalue weighted by atomic mass is 10.1. The van der Waals surface area contributed by atoms with Crippen LogP contribution in [0.4, 0.5) is 0 Å². The van der Waals surface area contributed by atoms with Gasteiger partial charge in [-0.1, -0.05) is 15.9 Å². The summed E-state index contributed by atoms with van der Waals surface area (Å²) in [6, 6.07) is 4.08. The zero-order chi connectivity index (χ0) is 11.7. The third-order valence-electron chi connectivity index (χ3n) is 3.12. The highest BCUT2D eigenvalue weighted by Crippen LogP contribution is 2.38. The molecular formula is C12H15BrN2O2. The molecule has 1 saturated heterocycles. The Labute approximate surface area is 109 Å². The SMILES string of the molecule is Brc1cc(CN2CCNCC2)c2c(c1)OCO2. The number of hydrogen-bond acceptors (Lipinski definition) is 4. The van der Waals surface area contributed by atoms with Gasteiger partial charge in [-0.2, -0.15) is 0 Å². The number of piperazine rings is 1. The van der Waals surface area contributed by atoms with Gasteiger partial charge in [0.25, 0.3) is 0 Å². The lowest BCUT2D eigenvalue weighted by Crippen LogP contribution is -2.42. The van der Waals surface area contributed by atoms with Crippen LogP contribution in [0.1, 0.15) is 5.56 Å². The number of benzene rings is 1. The first-order valence-corrected chi connectivity index (χ1v) is 6.63. The molecule has 1 fully saturated rings. The Kier molecular flexibility index (Phi) is 3.22. The fraction of sp³-hybridized carbons (Fsp3) is 0.500. The van der Waals surface area contributed by atoms with Gasteiger partial charge in [-0.05, 0) is 12.1 Å². The Bertz CT molecular complexity index is 419. The van der Waals surface area contributed by atoms with Gasteiger partial charge in [0.05, 0.1) is 0 Å². The molecular weight excluding hydrogens is 284 g/mol. The summed E-state index contributed by atoms with van der Waals surface area (Å²) in [5.74, 6) is 1.76. The average Bonchev–Trinajstić information content (AvgIpc) is 2.78. The molecule has 0 aromatic heterocycles. The normalized spacial score (nSPS) is 19.6. The highest BCUT2D eigenvalue weighted by molar-refractivity contribution is 9.10. The van der Waals surface area contributed by atoms with Gasteiger partial charge in [0.2, 0.25) is 6.79 Å². The minimum atomic E-state index is 0.334. The van der Waals surface area contributed by atoms with Crippen molar-refractivity contribution in [3.05, 3.63) is 22.2 Å². The highest BCUT2D eigenvalue weighted by atomic mass is 79.9. The van der Waals surface area contributed by atoms with Crippen molar-refractivity contribution in [1.82, 2.24) is 10.2 Å². The van der Waals surface area contributed by atoms with E-state index in [-0.39, 0.29) is 0 Å². The molecule has 0 amide bonds. The summed E-state index contributed by atoms with van der Waals surface area (Å²) in [5.41, 5.74) is 1.20. The number of rotatable bonds is 2. The van der Waals surface area contributed by atoms with Crippen LogP contribution >= 0.6 is 15.9 Å². The Morgan fingerprint density at radius 3 is 2.88 bits per heavy atom. The molecule has 1 aromatic carbocycles. The van der Waals surface area contributed by atoms with E-state index >= 15 is 0 Å². The number of ether oxygens (including phenoxy) is 2. The van der Waals surface area contributed by atoms with Crippen LogP contribution in [0.25, 0.3) is 0 Å². The number of fused-ring (bicyclic) bond motifs is 1. The number of nitrogens with zero attached hydrogens (tertiary/aromatic N) is 1. The van der Waals surface area contributed by atoms with E-state index in [1.165, 1.54) is 5.56 Å². The van der Waals surface area contributed by atoms with Gasteiger partial charge in [-0.15, -0.1) is 0 Å². The first-order valence-electron chi connectivity index (χ1n) is 5.84. The quantitative estimate of drug-likeness (QED) is 0.899. The largest absolute Gasteiger partial charge is 0.454 e. The molecule has 0 saturated carbocycles. The molecule has 5 heteroatoms. The van der Waals surface area contributed by atoms with E-state index < -0.39 is 0 Å². The van der Waals surface area contributed by atoms with Crippen LogP contribution in [0.3, 0.4) is 0 Å². The van der Waals surface area contributed by atoms with E-state index in [0.29, 0.717) is 6.79 Å². The van der Waals surface area contributed by atoms with Crippen LogP contribution < -0.4 is 14.8 Å². The second kappa shape index (κ2) is 4.84. The highest BCUT2D eigenvalue weighted by Gasteiger charge is 2.21. The van der Waals surface area contributed by atoms with Crippen LogP contribution in [-0.2, 0) is 6.54 Å². The molecule has 2 aliphatic heterocycles. The second-order valence-electron chi connectivity index (χ2n) is 4.32. The van der Waals surface area contributed by atoms with Gasteiger partial charge in [0.15, 0.2) is 11.5 Å². The summed E-state index contributed by atoms with van der Waals surface area (Å²) < 4.78 is 12.0. The van der Waals surface area contributed by atoms with Crippen LogP contribution in [0.5, 0.6) is 11.5 Å². The maximum Gasteiger partial charge on any atom is 0.231 e. The van der Waals surface area contributed by atoms with E-state index in [4.69, 9.17) is 9.47 Å². The smallest absolute Gasteiger partial charge is 0.231 e. The maximum absolute atomic E-state index is 5.54. The zero-order valence-corrected chi connectivity index (χ0v) is 11.1. The first kappa shape index (κ1) is 11.3. The van der Waals surface area contributed by atoms with E-state index in [1.807, 2.05) is 6.07 Å². The summed E-state index contributed by atoms with van der Waals surface area (Å²) in [4.78, 5) is 2.43. The van der Waals surface area contributed by atoms with Crippen molar-refractivity contribution in [2.75, 3.05) is 33.0 Å². The lowest BCUT2D eigenvalue weighted by Gasteiger charge is -2.27. The molecule has 3 rings (SSSR count). The van der Waals surface area contributed by atoms with Crippen molar-refractivity contribution in [3.8, 4) is 11.5 Å². The fourth-order valence-electron chi connectivity index (χ4n) is 2.27. The van der Waals surface area contributed by atoms with Crippen molar-refractivity contribution in [2.45, 2.75) is 6.54 Å². The molecule has 0 aliphatic carbocycles. The predicted octanol–water partition coefficient (Wildman–Crippen LogP) is 1.58. The summed E-state index contributed by atoms with van der Waals surface area (Å²) in [7, 11) is 0. The van der Waals surface area contributed by atoms with Gasteiger partial charge in [-0.25, -0.2) is 0 Å². The molecule has 2 aliphatic rings. The summed E-state index contributed by atoms with van der Waals surface area (Å²) in [6.07, 6.45) is 0. The number of halogens is 1. The van der Waals surface area contributed by atoms with Crippen molar-refractivity contribution >= 4 is 15.9 Å². The van der Waals surface area contributed by atoms with Crippen molar-refractivity contribution < 1.29 is 9.47 Å². The topological polar surface area (TPSA) is 33.7 Å². The van der Waals surface area contributed by atoms with Crippen LogP contribution in [0, 0.1) is 0 Å². The van der Waals surface area contributed by atoms with Gasteiger partial charge in [0, 0.05) is 42.8 Å². The molecule has 1 N–H and O–H groups in total. The van der Waals surface area contributed by atoms with Gasteiger partial charge < -0.3 is 14.8 Å². The fourth-order valence-corrected chi connectivity index (χ4v) is 2.76. The van der Waals surface area contributed by atoms with E-state index in [0.717, 1.165) is 48.7 Å². The van der Waals surface area contributed by atoms with Crippen LogP contribution in [0.2, 0.25) is 0 Å². The van der Waals surface area contributed by atoms with Gasteiger partial charge in [-0.3, -0.25) is 4.90 Å². The van der Waals surface area contributed by atoms with Crippen LogP contribution in [0.15, 0.2) is 16.6 Å². The Morgan fingerprint density at radius 2 is 2.06 bits per heavy atom. The number of hydrogen-bond donors (Lipinski definition) is 1. The van der Waals surface area contributed by atoms with Crippen molar-refractivity contribution in [1.29, 1.82) is 0 Å². The van der Waals surface area contributed by atoms with E-state index in [9.17, 15) is 0 Å².